The highest BCUT2D eigenvalue weighted by Gasteiger charge is 2.32. The first-order valence-corrected chi connectivity index (χ1v) is 11.7. The van der Waals surface area contributed by atoms with E-state index in [2.05, 4.69) is 15.6 Å². The summed E-state index contributed by atoms with van der Waals surface area (Å²) in [7, 11) is 0. The number of amides is 4. The number of hydrogen-bond donors (Lipinski definition) is 2. The average Bonchev–Trinajstić information content (AvgIpc) is 3.41. The van der Waals surface area contributed by atoms with E-state index in [4.69, 9.17) is 9.47 Å². The zero-order valence-corrected chi connectivity index (χ0v) is 19.6. The molecule has 9 nitrogen and oxygen atoms in total. The van der Waals surface area contributed by atoms with E-state index in [-0.39, 0.29) is 24.2 Å². The zero-order chi connectivity index (χ0) is 24.1. The predicted octanol–water partition coefficient (Wildman–Crippen LogP) is 3.44. The minimum absolute atomic E-state index is 0.0781. The van der Waals surface area contributed by atoms with E-state index >= 15 is 0 Å². The quantitative estimate of drug-likeness (QED) is 0.613. The third kappa shape index (κ3) is 5.40. The molecule has 0 unspecified atom stereocenters. The van der Waals surface area contributed by atoms with Crippen LogP contribution in [0.2, 0.25) is 0 Å². The van der Waals surface area contributed by atoms with Gasteiger partial charge in [0.1, 0.15) is 5.70 Å². The van der Waals surface area contributed by atoms with Crippen LogP contribution >= 0.6 is 11.8 Å². The lowest BCUT2D eigenvalue weighted by Gasteiger charge is -2.18. The number of amidine groups is 1. The van der Waals surface area contributed by atoms with Gasteiger partial charge in [0.2, 0.25) is 12.7 Å². The van der Waals surface area contributed by atoms with Crippen molar-refractivity contribution >= 4 is 46.5 Å². The number of imide groups is 1. The van der Waals surface area contributed by atoms with Gasteiger partial charge in [-0.3, -0.25) is 19.8 Å². The first-order valence-electron chi connectivity index (χ1n) is 10.8. The van der Waals surface area contributed by atoms with Gasteiger partial charge in [0.05, 0.1) is 11.4 Å². The van der Waals surface area contributed by atoms with Crippen molar-refractivity contribution < 1.29 is 23.9 Å². The number of anilines is 1. The third-order valence-electron chi connectivity index (χ3n) is 4.94. The molecule has 4 amide bonds. The minimum atomic E-state index is -0.546. The van der Waals surface area contributed by atoms with E-state index in [1.165, 1.54) is 4.90 Å². The molecule has 0 saturated carbocycles. The minimum Gasteiger partial charge on any atom is -0.454 e. The maximum absolute atomic E-state index is 13.3. The zero-order valence-electron chi connectivity index (χ0n) is 18.8. The maximum Gasteiger partial charge on any atom is 0.321 e. The van der Waals surface area contributed by atoms with Gasteiger partial charge >= 0.3 is 6.03 Å². The number of fused-ring (bicyclic) bond motifs is 1. The Kier molecular flexibility index (Phi) is 7.17. The Morgan fingerprint density at radius 3 is 2.68 bits per heavy atom. The summed E-state index contributed by atoms with van der Waals surface area (Å²) < 4.78 is 10.7. The van der Waals surface area contributed by atoms with Crippen LogP contribution in [0.5, 0.6) is 11.5 Å². The van der Waals surface area contributed by atoms with Gasteiger partial charge in [0.25, 0.3) is 5.91 Å². The van der Waals surface area contributed by atoms with Gasteiger partial charge in [-0.1, -0.05) is 42.4 Å². The van der Waals surface area contributed by atoms with Crippen LogP contribution in [0.3, 0.4) is 0 Å². The largest absolute Gasteiger partial charge is 0.454 e. The molecule has 2 aromatic carbocycles. The Morgan fingerprint density at radius 1 is 1.15 bits per heavy atom. The number of rotatable bonds is 6. The smallest absolute Gasteiger partial charge is 0.321 e. The second-order valence-electron chi connectivity index (χ2n) is 7.61. The molecule has 176 valence electrons. The highest BCUT2D eigenvalue weighted by Crippen LogP contribution is 2.34. The first-order chi connectivity index (χ1) is 16.4. The number of urea groups is 1. The van der Waals surface area contributed by atoms with Crippen molar-refractivity contribution in [3.63, 3.8) is 0 Å². The average molecular weight is 481 g/mol. The standard InChI is InChI=1S/C24H24N4O5S/c1-3-10-25-23(31)27-21(29)13-34-24-26-18(11-16-6-9-19-20(12-16)33-14-32-19)22(30)28(24)17-7-4-15(2)5-8-17/h4-9,11-12H,3,10,13-14H2,1-2H3,(H2,25,27,29,31). The van der Waals surface area contributed by atoms with Crippen LogP contribution in [0.25, 0.3) is 6.08 Å². The summed E-state index contributed by atoms with van der Waals surface area (Å²) in [5.41, 5.74) is 2.65. The molecule has 2 heterocycles. The molecule has 10 heteroatoms. The molecule has 2 aliphatic heterocycles. The fraction of sp³-hybridized carbons (Fsp3) is 0.250. The van der Waals surface area contributed by atoms with Crippen molar-refractivity contribution in [1.29, 1.82) is 0 Å². The molecule has 0 saturated heterocycles. The van der Waals surface area contributed by atoms with Crippen molar-refractivity contribution in [1.82, 2.24) is 10.6 Å². The van der Waals surface area contributed by atoms with Crippen molar-refractivity contribution in [2.45, 2.75) is 20.3 Å². The molecule has 0 aliphatic carbocycles. The number of nitrogens with zero attached hydrogens (tertiary/aromatic N) is 2. The van der Waals surface area contributed by atoms with Crippen LogP contribution in [-0.4, -0.2) is 42.1 Å². The third-order valence-corrected chi connectivity index (χ3v) is 5.88. The Labute approximate surface area is 201 Å². The number of carbonyl (C=O) groups is 3. The summed E-state index contributed by atoms with van der Waals surface area (Å²) >= 11 is 1.08. The lowest BCUT2D eigenvalue weighted by atomic mass is 10.1. The predicted molar refractivity (Wildman–Crippen MR) is 131 cm³/mol. The van der Waals surface area contributed by atoms with E-state index in [0.717, 1.165) is 29.3 Å². The van der Waals surface area contributed by atoms with Gasteiger partial charge in [-0.2, -0.15) is 0 Å². The summed E-state index contributed by atoms with van der Waals surface area (Å²) in [6.07, 6.45) is 2.43. The summed E-state index contributed by atoms with van der Waals surface area (Å²) in [6, 6.07) is 12.3. The molecule has 0 fully saturated rings. The first kappa shape index (κ1) is 23.4. The molecule has 2 aromatic rings. The van der Waals surface area contributed by atoms with Crippen LogP contribution in [0.4, 0.5) is 10.5 Å². The maximum atomic E-state index is 13.3. The van der Waals surface area contributed by atoms with Gasteiger partial charge in [0, 0.05) is 6.54 Å². The number of hydrogen-bond acceptors (Lipinski definition) is 7. The number of aryl methyl sites for hydroxylation is 1. The number of ether oxygens (including phenoxy) is 2. The summed E-state index contributed by atoms with van der Waals surface area (Å²) in [6.45, 7) is 4.51. The molecule has 0 radical (unpaired) electrons. The fourth-order valence-corrected chi connectivity index (χ4v) is 4.06. The van der Waals surface area contributed by atoms with E-state index in [1.807, 2.05) is 44.2 Å². The van der Waals surface area contributed by atoms with Crippen LogP contribution in [0, 0.1) is 6.92 Å². The Bertz CT molecular complexity index is 1180. The van der Waals surface area contributed by atoms with E-state index in [9.17, 15) is 14.4 Å². The van der Waals surface area contributed by atoms with Gasteiger partial charge in [-0.25, -0.2) is 9.79 Å². The van der Waals surface area contributed by atoms with E-state index in [0.29, 0.717) is 28.9 Å². The lowest BCUT2D eigenvalue weighted by molar-refractivity contribution is -0.117. The number of carbonyl (C=O) groups excluding carboxylic acids is 3. The van der Waals surface area contributed by atoms with Crippen LogP contribution < -0.4 is 25.0 Å². The summed E-state index contributed by atoms with van der Waals surface area (Å²) in [5, 5.41) is 5.22. The van der Waals surface area contributed by atoms with Crippen LogP contribution in [0.15, 0.2) is 53.2 Å². The molecule has 0 bridgehead atoms. The van der Waals surface area contributed by atoms with Gasteiger partial charge in [0.15, 0.2) is 16.7 Å². The Morgan fingerprint density at radius 2 is 1.91 bits per heavy atom. The Balaban J connectivity index is 1.55. The fourth-order valence-electron chi connectivity index (χ4n) is 3.25. The van der Waals surface area contributed by atoms with Gasteiger partial charge in [-0.05, 0) is 49.2 Å². The van der Waals surface area contributed by atoms with Gasteiger partial charge in [-0.15, -0.1) is 0 Å². The molecule has 0 aromatic heterocycles. The summed E-state index contributed by atoms with van der Waals surface area (Å²) in [5.74, 6) is 0.378. The molecule has 0 atom stereocenters. The molecule has 34 heavy (non-hydrogen) atoms. The van der Waals surface area contributed by atoms with Crippen LogP contribution in [-0.2, 0) is 9.59 Å². The number of benzene rings is 2. The molecular weight excluding hydrogens is 456 g/mol. The van der Waals surface area contributed by atoms with Crippen molar-refractivity contribution in [3.05, 3.63) is 59.3 Å². The second-order valence-corrected chi connectivity index (χ2v) is 8.55. The molecule has 2 N–H and O–H groups in total. The van der Waals surface area contributed by atoms with Crippen molar-refractivity contribution in [3.8, 4) is 11.5 Å². The van der Waals surface area contributed by atoms with Crippen molar-refractivity contribution in [2.75, 3.05) is 24.0 Å². The highest BCUT2D eigenvalue weighted by atomic mass is 32.2. The number of aliphatic imine (C=N–C) groups is 1. The van der Waals surface area contributed by atoms with E-state index in [1.54, 1.807) is 18.2 Å². The van der Waals surface area contributed by atoms with Gasteiger partial charge < -0.3 is 14.8 Å². The molecule has 4 rings (SSSR count). The van der Waals surface area contributed by atoms with E-state index < -0.39 is 11.9 Å². The highest BCUT2D eigenvalue weighted by molar-refractivity contribution is 8.14. The topological polar surface area (TPSA) is 109 Å². The second kappa shape index (κ2) is 10.4. The SMILES string of the molecule is CCCNC(=O)NC(=O)CSC1=NC(=Cc2ccc3c(c2)OCO3)C(=O)N1c1ccc(C)cc1. The lowest BCUT2D eigenvalue weighted by Crippen LogP contribution is -2.41. The monoisotopic (exact) mass is 480 g/mol. The molecule has 0 spiro atoms. The van der Waals surface area contributed by atoms with Crippen molar-refractivity contribution in [2.24, 2.45) is 4.99 Å². The van der Waals surface area contributed by atoms with Crippen LogP contribution in [0.1, 0.15) is 24.5 Å². The molecule has 2 aliphatic rings. The number of nitrogens with one attached hydrogen (secondary N) is 2. The normalized spacial score (nSPS) is 15.5. The Hall–Kier alpha value is -3.79. The molecular formula is C24H24N4O5S. The summed E-state index contributed by atoms with van der Waals surface area (Å²) in [4.78, 5) is 43.2. The number of thioether (sulfide) groups is 1.